The second kappa shape index (κ2) is 6.90. The number of carboxylic acids is 1. The van der Waals surface area contributed by atoms with Crippen LogP contribution in [-0.4, -0.2) is 11.1 Å². The van der Waals surface area contributed by atoms with Crippen LogP contribution in [0.1, 0.15) is 11.1 Å². The van der Waals surface area contributed by atoms with Crippen molar-refractivity contribution in [2.45, 2.75) is 13.0 Å². The lowest BCUT2D eigenvalue weighted by Crippen LogP contribution is -2.01. The minimum atomic E-state index is -0.826. The Labute approximate surface area is 133 Å². The van der Waals surface area contributed by atoms with Crippen molar-refractivity contribution in [3.63, 3.8) is 0 Å². The highest BCUT2D eigenvalue weighted by Gasteiger charge is 2.03. The van der Waals surface area contributed by atoms with Crippen molar-refractivity contribution in [2.24, 2.45) is 0 Å². The Morgan fingerprint density at radius 2 is 1.70 bits per heavy atom. The number of ether oxygens (including phenoxy) is 1. The van der Waals surface area contributed by atoms with Crippen LogP contribution in [0.3, 0.4) is 0 Å². The molecular weight excluding hydrogens is 388 g/mol. The summed E-state index contributed by atoms with van der Waals surface area (Å²) in [5, 5.41) is 8.71. The van der Waals surface area contributed by atoms with E-state index in [-0.39, 0.29) is 6.42 Å². The molecule has 0 aromatic heterocycles. The number of rotatable bonds is 5. The molecule has 0 aliphatic heterocycles. The monoisotopic (exact) mass is 398 g/mol. The zero-order chi connectivity index (χ0) is 14.5. The van der Waals surface area contributed by atoms with E-state index in [1.165, 1.54) is 0 Å². The van der Waals surface area contributed by atoms with Crippen LogP contribution >= 0.6 is 31.9 Å². The summed E-state index contributed by atoms with van der Waals surface area (Å²) in [6.07, 6.45) is 0.0411. The molecule has 2 aromatic carbocycles. The first kappa shape index (κ1) is 15.1. The average molecular weight is 400 g/mol. The molecule has 1 N–H and O–H groups in total. The summed E-state index contributed by atoms with van der Waals surface area (Å²) in [5.74, 6) is -0.0596. The zero-order valence-electron chi connectivity index (χ0n) is 10.5. The minimum absolute atomic E-state index is 0.0411. The number of benzene rings is 2. The SMILES string of the molecule is O=C(O)Cc1ccc(COc2ccc(Br)cc2Br)cc1. The maximum absolute atomic E-state index is 10.6. The fraction of sp³-hybridized carbons (Fsp3) is 0.133. The third-order valence-corrected chi connectivity index (χ3v) is 3.78. The smallest absolute Gasteiger partial charge is 0.307 e. The van der Waals surface area contributed by atoms with Gasteiger partial charge < -0.3 is 9.84 Å². The fourth-order valence-corrected chi connectivity index (χ4v) is 2.84. The van der Waals surface area contributed by atoms with Gasteiger partial charge in [-0.25, -0.2) is 0 Å². The molecule has 3 nitrogen and oxygen atoms in total. The van der Waals surface area contributed by atoms with Gasteiger partial charge in [-0.1, -0.05) is 40.2 Å². The molecule has 0 heterocycles. The topological polar surface area (TPSA) is 46.5 Å². The summed E-state index contributed by atoms with van der Waals surface area (Å²) in [7, 11) is 0. The van der Waals surface area contributed by atoms with Crippen molar-refractivity contribution in [3.05, 3.63) is 62.5 Å². The first-order chi connectivity index (χ1) is 9.54. The van der Waals surface area contributed by atoms with Gasteiger partial charge in [0.15, 0.2) is 0 Å². The van der Waals surface area contributed by atoms with Crippen LogP contribution in [0.25, 0.3) is 0 Å². The van der Waals surface area contributed by atoms with E-state index in [0.717, 1.165) is 25.8 Å². The molecule has 0 fully saturated rings. The highest BCUT2D eigenvalue weighted by atomic mass is 79.9. The number of carboxylic acid groups (broad SMARTS) is 1. The standard InChI is InChI=1S/C15H12Br2O3/c16-12-5-6-14(13(17)8-12)20-9-11-3-1-10(2-4-11)7-15(18)19/h1-6,8H,7,9H2,(H,18,19). The van der Waals surface area contributed by atoms with Gasteiger partial charge in [-0.05, 0) is 45.3 Å². The predicted octanol–water partition coefficient (Wildman–Crippen LogP) is 4.42. The summed E-state index contributed by atoms with van der Waals surface area (Å²) in [6.45, 7) is 0.438. The number of hydrogen-bond acceptors (Lipinski definition) is 2. The lowest BCUT2D eigenvalue weighted by atomic mass is 10.1. The highest BCUT2D eigenvalue weighted by molar-refractivity contribution is 9.11. The van der Waals surface area contributed by atoms with Crippen molar-refractivity contribution in [2.75, 3.05) is 0 Å². The molecule has 0 saturated carbocycles. The van der Waals surface area contributed by atoms with Crippen LogP contribution in [0.4, 0.5) is 0 Å². The van der Waals surface area contributed by atoms with Crippen molar-refractivity contribution < 1.29 is 14.6 Å². The van der Waals surface area contributed by atoms with Crippen molar-refractivity contribution in [1.82, 2.24) is 0 Å². The Bertz CT molecular complexity index is 609. The largest absolute Gasteiger partial charge is 0.488 e. The van der Waals surface area contributed by atoms with E-state index < -0.39 is 5.97 Å². The third-order valence-electron chi connectivity index (χ3n) is 2.67. The second-order valence-electron chi connectivity index (χ2n) is 4.25. The van der Waals surface area contributed by atoms with Crippen molar-refractivity contribution in [1.29, 1.82) is 0 Å². The van der Waals surface area contributed by atoms with Crippen molar-refractivity contribution in [3.8, 4) is 5.75 Å². The highest BCUT2D eigenvalue weighted by Crippen LogP contribution is 2.28. The van der Waals surface area contributed by atoms with Gasteiger partial charge in [0.2, 0.25) is 0 Å². The number of aliphatic carboxylic acids is 1. The quantitative estimate of drug-likeness (QED) is 0.809. The van der Waals surface area contributed by atoms with Crippen molar-refractivity contribution >= 4 is 37.8 Å². The Kier molecular flexibility index (Phi) is 5.20. The summed E-state index contributed by atoms with van der Waals surface area (Å²) in [5.41, 5.74) is 1.78. The lowest BCUT2D eigenvalue weighted by Gasteiger charge is -2.09. The van der Waals surface area contributed by atoms with Gasteiger partial charge in [0.1, 0.15) is 12.4 Å². The average Bonchev–Trinajstić information content (AvgIpc) is 2.39. The van der Waals surface area contributed by atoms with Crippen LogP contribution in [0.2, 0.25) is 0 Å². The molecule has 20 heavy (non-hydrogen) atoms. The van der Waals surface area contributed by atoms with Gasteiger partial charge in [0.25, 0.3) is 0 Å². The van der Waals surface area contributed by atoms with E-state index >= 15 is 0 Å². The molecule has 0 aliphatic rings. The van der Waals surface area contributed by atoms with Crippen LogP contribution in [-0.2, 0) is 17.8 Å². The van der Waals surface area contributed by atoms with Crippen LogP contribution in [0, 0.1) is 0 Å². The van der Waals surface area contributed by atoms with Gasteiger partial charge in [-0.15, -0.1) is 0 Å². The molecule has 0 saturated heterocycles. The van der Waals surface area contributed by atoms with Crippen LogP contribution in [0.15, 0.2) is 51.4 Å². The molecule has 0 spiro atoms. The second-order valence-corrected chi connectivity index (χ2v) is 6.02. The molecule has 104 valence electrons. The molecule has 0 bridgehead atoms. The van der Waals surface area contributed by atoms with E-state index in [1.807, 2.05) is 42.5 Å². The van der Waals surface area contributed by atoms with Crippen LogP contribution in [0.5, 0.6) is 5.75 Å². The maximum Gasteiger partial charge on any atom is 0.307 e. The fourth-order valence-electron chi connectivity index (χ4n) is 1.68. The molecule has 2 rings (SSSR count). The van der Waals surface area contributed by atoms with Gasteiger partial charge >= 0.3 is 5.97 Å². The molecule has 0 aliphatic carbocycles. The summed E-state index contributed by atoms with van der Waals surface area (Å²) < 4.78 is 7.58. The summed E-state index contributed by atoms with van der Waals surface area (Å²) >= 11 is 6.83. The predicted molar refractivity (Wildman–Crippen MR) is 84.0 cm³/mol. The van der Waals surface area contributed by atoms with Gasteiger partial charge in [0.05, 0.1) is 10.9 Å². The molecule has 2 aromatic rings. The van der Waals surface area contributed by atoms with E-state index in [4.69, 9.17) is 9.84 Å². The Morgan fingerprint density at radius 3 is 2.30 bits per heavy atom. The third kappa shape index (κ3) is 4.35. The first-order valence-electron chi connectivity index (χ1n) is 5.92. The Morgan fingerprint density at radius 1 is 1.05 bits per heavy atom. The minimum Gasteiger partial charge on any atom is -0.488 e. The van der Waals surface area contributed by atoms with Crippen LogP contribution < -0.4 is 4.74 Å². The molecule has 5 heteroatoms. The molecule has 0 amide bonds. The van der Waals surface area contributed by atoms with E-state index in [2.05, 4.69) is 31.9 Å². The molecule has 0 atom stereocenters. The van der Waals surface area contributed by atoms with Gasteiger partial charge in [-0.2, -0.15) is 0 Å². The normalized spacial score (nSPS) is 10.3. The van der Waals surface area contributed by atoms with E-state index in [1.54, 1.807) is 0 Å². The first-order valence-corrected chi connectivity index (χ1v) is 7.50. The Hall–Kier alpha value is -1.33. The summed E-state index contributed by atoms with van der Waals surface area (Å²) in [4.78, 5) is 10.6. The van der Waals surface area contributed by atoms with Gasteiger partial charge in [-0.3, -0.25) is 4.79 Å². The van der Waals surface area contributed by atoms with Gasteiger partial charge in [0, 0.05) is 4.47 Å². The number of halogens is 2. The summed E-state index contributed by atoms with van der Waals surface area (Å²) in [6, 6.07) is 13.1. The van der Waals surface area contributed by atoms with E-state index in [0.29, 0.717) is 6.61 Å². The Balaban J connectivity index is 1.98. The number of hydrogen-bond donors (Lipinski definition) is 1. The maximum atomic E-state index is 10.6. The van der Waals surface area contributed by atoms with E-state index in [9.17, 15) is 4.79 Å². The molecule has 0 unspecified atom stereocenters. The molecule has 0 radical (unpaired) electrons. The molecular formula is C15H12Br2O3. The number of carbonyl (C=O) groups is 1. The lowest BCUT2D eigenvalue weighted by molar-refractivity contribution is -0.136. The zero-order valence-corrected chi connectivity index (χ0v) is 13.6.